The fraction of sp³-hybridized carbons (Fsp3) is 0.400. The van der Waals surface area contributed by atoms with Crippen LogP contribution in [0, 0.1) is 6.92 Å². The first-order valence-electron chi connectivity index (χ1n) is 5.84. The molecule has 87 valence electrons. The predicted molar refractivity (Wildman–Crippen MR) is 75.1 cm³/mol. The van der Waals surface area contributed by atoms with Crippen LogP contribution in [-0.2, 0) is 6.42 Å². The number of aryl methyl sites for hydroxylation is 1. The van der Waals surface area contributed by atoms with E-state index >= 15 is 0 Å². The second kappa shape index (κ2) is 6.80. The van der Waals surface area contributed by atoms with Gasteiger partial charge in [-0.3, -0.25) is 0 Å². The van der Waals surface area contributed by atoms with E-state index in [1.165, 1.54) is 35.3 Å². The Morgan fingerprint density at radius 1 is 1.38 bits per heavy atom. The summed E-state index contributed by atoms with van der Waals surface area (Å²) < 4.78 is 0. The second-order valence-electron chi connectivity index (χ2n) is 4.06. The zero-order chi connectivity index (χ0) is 12.0. The molecule has 0 aliphatic heterocycles. The highest BCUT2D eigenvalue weighted by atomic mass is 32.2. The summed E-state index contributed by atoms with van der Waals surface area (Å²) in [4.78, 5) is 1.33. The van der Waals surface area contributed by atoms with Crippen molar-refractivity contribution in [1.82, 2.24) is 0 Å². The van der Waals surface area contributed by atoms with Crippen LogP contribution in [0.1, 0.15) is 36.8 Å². The summed E-state index contributed by atoms with van der Waals surface area (Å²) in [6.07, 6.45) is 7.70. The van der Waals surface area contributed by atoms with Gasteiger partial charge >= 0.3 is 0 Å². The summed E-state index contributed by atoms with van der Waals surface area (Å²) in [5, 5.41) is 0. The van der Waals surface area contributed by atoms with Gasteiger partial charge in [-0.15, -0.1) is 18.3 Å². The summed E-state index contributed by atoms with van der Waals surface area (Å²) in [6, 6.07) is 6.79. The number of allylic oxidation sites excluding steroid dienone is 1. The summed E-state index contributed by atoms with van der Waals surface area (Å²) in [5.74, 6) is 0.201. The van der Waals surface area contributed by atoms with E-state index in [2.05, 4.69) is 44.9 Å². The van der Waals surface area contributed by atoms with Crippen LogP contribution in [0.15, 0.2) is 35.7 Å². The lowest BCUT2D eigenvalue weighted by atomic mass is 9.97. The van der Waals surface area contributed by atoms with Crippen molar-refractivity contribution in [3.05, 3.63) is 48.9 Å². The van der Waals surface area contributed by atoms with Crippen LogP contribution in [0.5, 0.6) is 0 Å². The maximum Gasteiger partial charge on any atom is 0.00748 e. The van der Waals surface area contributed by atoms with Crippen LogP contribution in [0.3, 0.4) is 0 Å². The normalized spacial score (nSPS) is 12.4. The molecule has 1 heteroatoms. The Morgan fingerprint density at radius 3 is 2.69 bits per heavy atom. The minimum atomic E-state index is 0.201. The van der Waals surface area contributed by atoms with Crippen molar-refractivity contribution >= 4 is 11.8 Å². The molecule has 1 rings (SSSR count). The minimum absolute atomic E-state index is 0.201. The van der Waals surface area contributed by atoms with Gasteiger partial charge in [-0.05, 0) is 49.3 Å². The Hall–Kier alpha value is -0.690. The second-order valence-corrected chi connectivity index (χ2v) is 4.94. The molecule has 0 fully saturated rings. The Bertz CT molecular complexity index is 341. The SMILES string of the molecule is [CH2]C(C=C)c1cc(CCCC)cc(SC)c1. The highest BCUT2D eigenvalue weighted by molar-refractivity contribution is 7.98. The molecule has 0 spiro atoms. The fourth-order valence-electron chi connectivity index (χ4n) is 1.68. The third kappa shape index (κ3) is 3.71. The Kier molecular flexibility index (Phi) is 5.68. The number of unbranched alkanes of at least 4 members (excludes halogenated alkanes) is 1. The Morgan fingerprint density at radius 2 is 2.12 bits per heavy atom. The van der Waals surface area contributed by atoms with Crippen LogP contribution >= 0.6 is 11.8 Å². The first kappa shape index (κ1) is 13.4. The van der Waals surface area contributed by atoms with Crippen molar-refractivity contribution < 1.29 is 0 Å². The van der Waals surface area contributed by atoms with Gasteiger partial charge in [-0.25, -0.2) is 0 Å². The zero-order valence-electron chi connectivity index (χ0n) is 10.3. The first-order valence-corrected chi connectivity index (χ1v) is 7.07. The van der Waals surface area contributed by atoms with Gasteiger partial charge in [0.15, 0.2) is 0 Å². The molecule has 1 aromatic carbocycles. The molecule has 0 nitrogen and oxygen atoms in total. The van der Waals surface area contributed by atoms with Crippen molar-refractivity contribution in [2.75, 3.05) is 6.26 Å². The summed E-state index contributed by atoms with van der Waals surface area (Å²) >= 11 is 1.80. The molecule has 0 saturated carbocycles. The Balaban J connectivity index is 2.95. The van der Waals surface area contributed by atoms with Gasteiger partial charge in [-0.2, -0.15) is 0 Å². The van der Waals surface area contributed by atoms with Crippen LogP contribution in [0.4, 0.5) is 0 Å². The highest BCUT2D eigenvalue weighted by Crippen LogP contribution is 2.25. The lowest BCUT2D eigenvalue weighted by Gasteiger charge is -2.11. The van der Waals surface area contributed by atoms with Gasteiger partial charge in [0.05, 0.1) is 0 Å². The third-order valence-corrected chi connectivity index (χ3v) is 3.46. The van der Waals surface area contributed by atoms with Crippen molar-refractivity contribution in [2.24, 2.45) is 0 Å². The van der Waals surface area contributed by atoms with Crippen molar-refractivity contribution in [2.45, 2.75) is 37.0 Å². The average Bonchev–Trinajstić information content (AvgIpc) is 2.34. The van der Waals surface area contributed by atoms with E-state index in [0.29, 0.717) is 0 Å². The van der Waals surface area contributed by atoms with Gasteiger partial charge in [0, 0.05) is 10.8 Å². The molecule has 1 radical (unpaired) electrons. The first-order chi connectivity index (χ1) is 7.71. The molecule has 0 saturated heterocycles. The van der Waals surface area contributed by atoms with Crippen LogP contribution in [-0.4, -0.2) is 6.26 Å². The molecular weight excluding hydrogens is 212 g/mol. The number of hydrogen-bond acceptors (Lipinski definition) is 1. The van der Waals surface area contributed by atoms with Crippen LogP contribution < -0.4 is 0 Å². The molecule has 1 aromatic rings. The van der Waals surface area contributed by atoms with Gasteiger partial charge in [-0.1, -0.05) is 25.5 Å². The highest BCUT2D eigenvalue weighted by Gasteiger charge is 2.05. The van der Waals surface area contributed by atoms with Crippen molar-refractivity contribution in [3.63, 3.8) is 0 Å². The summed E-state index contributed by atoms with van der Waals surface area (Å²) in [7, 11) is 0. The molecule has 0 aromatic heterocycles. The molecule has 0 N–H and O–H groups in total. The van der Waals surface area contributed by atoms with E-state index in [1.54, 1.807) is 11.8 Å². The molecule has 1 atom stereocenters. The predicted octanol–water partition coefficient (Wildman–Crippen LogP) is 4.85. The van der Waals surface area contributed by atoms with Crippen molar-refractivity contribution in [3.8, 4) is 0 Å². The number of hydrogen-bond donors (Lipinski definition) is 0. The van der Waals surface area contributed by atoms with E-state index < -0.39 is 0 Å². The average molecular weight is 233 g/mol. The number of rotatable bonds is 6. The number of benzene rings is 1. The standard InChI is InChI=1S/C15H21S/c1-5-7-8-13-9-14(12(3)6-2)11-15(10-13)16-4/h6,9-12H,2-3,5,7-8H2,1,4H3. The maximum atomic E-state index is 4.10. The molecule has 0 aliphatic rings. The zero-order valence-corrected chi connectivity index (χ0v) is 11.1. The molecule has 0 aliphatic carbocycles. The molecule has 0 bridgehead atoms. The molecule has 16 heavy (non-hydrogen) atoms. The fourth-order valence-corrected chi connectivity index (χ4v) is 2.20. The minimum Gasteiger partial charge on any atom is -0.130 e. The van der Waals surface area contributed by atoms with Gasteiger partial charge in [0.2, 0.25) is 0 Å². The van der Waals surface area contributed by atoms with E-state index in [9.17, 15) is 0 Å². The van der Waals surface area contributed by atoms with E-state index in [0.717, 1.165) is 0 Å². The largest absolute Gasteiger partial charge is 0.130 e. The van der Waals surface area contributed by atoms with E-state index in [1.807, 2.05) is 6.08 Å². The number of thioether (sulfide) groups is 1. The van der Waals surface area contributed by atoms with E-state index in [-0.39, 0.29) is 5.92 Å². The maximum absolute atomic E-state index is 4.10. The van der Waals surface area contributed by atoms with Crippen molar-refractivity contribution in [1.29, 1.82) is 0 Å². The summed E-state index contributed by atoms with van der Waals surface area (Å²) in [6.45, 7) is 10.1. The Labute approximate surface area is 104 Å². The van der Waals surface area contributed by atoms with Gasteiger partial charge in [0.1, 0.15) is 0 Å². The topological polar surface area (TPSA) is 0 Å². The lowest BCUT2D eigenvalue weighted by molar-refractivity contribution is 0.791. The molecule has 1 unspecified atom stereocenters. The lowest BCUT2D eigenvalue weighted by Crippen LogP contribution is -1.94. The van der Waals surface area contributed by atoms with Gasteiger partial charge in [0.25, 0.3) is 0 Å². The third-order valence-electron chi connectivity index (χ3n) is 2.76. The quantitative estimate of drug-likeness (QED) is 0.500. The van der Waals surface area contributed by atoms with Gasteiger partial charge < -0.3 is 0 Å². The monoisotopic (exact) mass is 233 g/mol. The summed E-state index contributed by atoms with van der Waals surface area (Å²) in [5.41, 5.74) is 2.71. The smallest absolute Gasteiger partial charge is 0.00748 e. The molecule has 0 amide bonds. The van der Waals surface area contributed by atoms with Crippen LogP contribution in [0.2, 0.25) is 0 Å². The molecule has 0 heterocycles. The van der Waals surface area contributed by atoms with E-state index in [4.69, 9.17) is 0 Å². The van der Waals surface area contributed by atoms with Crippen LogP contribution in [0.25, 0.3) is 0 Å². The molecular formula is C15H21S.